The summed E-state index contributed by atoms with van der Waals surface area (Å²) in [6.07, 6.45) is 2.59. The zero-order chi connectivity index (χ0) is 9.10. The summed E-state index contributed by atoms with van der Waals surface area (Å²) in [4.78, 5) is 10.3. The highest BCUT2D eigenvalue weighted by Gasteiger charge is 2.07. The molecule has 0 spiro atoms. The average molecular weight is 212 g/mol. The van der Waals surface area contributed by atoms with Crippen LogP contribution in [0.3, 0.4) is 0 Å². The lowest BCUT2D eigenvalue weighted by Gasteiger charge is -2.17. The summed E-state index contributed by atoms with van der Waals surface area (Å²) in [6.45, 7) is 2.02. The third-order valence-electron chi connectivity index (χ3n) is 2.48. The van der Waals surface area contributed by atoms with Crippen molar-refractivity contribution in [3.8, 4) is 0 Å². The highest BCUT2D eigenvalue weighted by Crippen LogP contribution is 2.15. The minimum atomic E-state index is 0. The van der Waals surface area contributed by atoms with Gasteiger partial charge >= 0.3 is 0 Å². The molecule has 0 bridgehead atoms. The molecule has 0 fully saturated rings. The van der Waals surface area contributed by atoms with Gasteiger partial charge in [-0.3, -0.25) is 0 Å². The molecule has 0 amide bonds. The van der Waals surface area contributed by atoms with Crippen molar-refractivity contribution in [2.24, 2.45) is 0 Å². The highest BCUT2D eigenvalue weighted by molar-refractivity contribution is 5.85. The van der Waals surface area contributed by atoms with Gasteiger partial charge in [-0.25, -0.2) is 0 Å². The fourth-order valence-corrected chi connectivity index (χ4v) is 1.75. The van der Waals surface area contributed by atoms with Gasteiger partial charge in [-0.1, -0.05) is 18.2 Å². The van der Waals surface area contributed by atoms with Crippen molar-refractivity contribution in [2.45, 2.75) is 19.4 Å². The number of hydrogen-bond acceptors (Lipinski definition) is 2. The first-order chi connectivity index (χ1) is 6.40. The number of carbonyl (C=O) groups excluding carboxylic acids is 1. The predicted octanol–water partition coefficient (Wildman–Crippen LogP) is 1.50. The van der Waals surface area contributed by atoms with E-state index in [0.29, 0.717) is 6.42 Å². The Balaban J connectivity index is 0.000000980. The number of rotatable bonds is 2. The molecular formula is C11H14ClNO. The molecule has 1 N–H and O–H groups in total. The van der Waals surface area contributed by atoms with E-state index in [-0.39, 0.29) is 12.4 Å². The smallest absolute Gasteiger partial charge is 0.124 e. The van der Waals surface area contributed by atoms with Crippen LogP contribution in [-0.2, 0) is 24.2 Å². The van der Waals surface area contributed by atoms with E-state index in [1.807, 2.05) is 6.07 Å². The zero-order valence-electron chi connectivity index (χ0n) is 7.95. The van der Waals surface area contributed by atoms with E-state index < -0.39 is 0 Å². The van der Waals surface area contributed by atoms with Gasteiger partial charge in [-0.05, 0) is 29.7 Å². The predicted molar refractivity (Wildman–Crippen MR) is 58.9 cm³/mol. The Bertz CT molecular complexity index is 325. The van der Waals surface area contributed by atoms with E-state index in [0.717, 1.165) is 31.4 Å². The molecule has 0 atom stereocenters. The molecule has 1 aliphatic rings. The SMILES string of the molecule is Cl.O=CCc1ccc2c(c1)CCNC2. The molecule has 0 saturated carbocycles. The topological polar surface area (TPSA) is 29.1 Å². The minimum absolute atomic E-state index is 0. The van der Waals surface area contributed by atoms with Gasteiger partial charge in [0.2, 0.25) is 0 Å². The fraction of sp³-hybridized carbons (Fsp3) is 0.364. The van der Waals surface area contributed by atoms with Crippen LogP contribution in [-0.4, -0.2) is 12.8 Å². The van der Waals surface area contributed by atoms with Crippen LogP contribution >= 0.6 is 12.4 Å². The van der Waals surface area contributed by atoms with E-state index >= 15 is 0 Å². The van der Waals surface area contributed by atoms with E-state index in [1.165, 1.54) is 11.1 Å². The summed E-state index contributed by atoms with van der Waals surface area (Å²) in [5, 5.41) is 3.32. The minimum Gasteiger partial charge on any atom is -0.312 e. The van der Waals surface area contributed by atoms with Crippen LogP contribution < -0.4 is 5.32 Å². The third kappa shape index (κ3) is 2.34. The zero-order valence-corrected chi connectivity index (χ0v) is 8.77. The van der Waals surface area contributed by atoms with Crippen LogP contribution in [0.4, 0.5) is 0 Å². The number of halogens is 1. The van der Waals surface area contributed by atoms with E-state index in [1.54, 1.807) is 0 Å². The maximum Gasteiger partial charge on any atom is 0.124 e. The molecule has 0 aliphatic carbocycles. The second-order valence-corrected chi connectivity index (χ2v) is 3.40. The molecule has 0 radical (unpaired) electrons. The second-order valence-electron chi connectivity index (χ2n) is 3.40. The highest BCUT2D eigenvalue weighted by atomic mass is 35.5. The Labute approximate surface area is 90.1 Å². The number of hydrogen-bond donors (Lipinski definition) is 1. The van der Waals surface area contributed by atoms with Gasteiger partial charge < -0.3 is 10.1 Å². The number of fused-ring (bicyclic) bond motifs is 1. The summed E-state index contributed by atoms with van der Waals surface area (Å²) in [5.41, 5.74) is 3.91. The van der Waals surface area contributed by atoms with E-state index in [9.17, 15) is 4.79 Å². The lowest BCUT2D eigenvalue weighted by atomic mass is 9.98. The van der Waals surface area contributed by atoms with Gasteiger partial charge in [-0.15, -0.1) is 12.4 Å². The van der Waals surface area contributed by atoms with Crippen molar-refractivity contribution in [2.75, 3.05) is 6.54 Å². The van der Waals surface area contributed by atoms with Crippen molar-refractivity contribution < 1.29 is 4.79 Å². The average Bonchev–Trinajstić information content (AvgIpc) is 2.18. The molecule has 1 aromatic carbocycles. The quantitative estimate of drug-likeness (QED) is 0.752. The molecule has 2 nitrogen and oxygen atoms in total. The first-order valence-corrected chi connectivity index (χ1v) is 4.65. The molecule has 1 heterocycles. The normalized spacial score (nSPS) is 14.0. The van der Waals surface area contributed by atoms with Crippen LogP contribution in [0.25, 0.3) is 0 Å². The van der Waals surface area contributed by atoms with Crippen LogP contribution in [0.5, 0.6) is 0 Å². The standard InChI is InChI=1S/C11H13NO.ClH/c13-6-4-9-1-2-11-8-12-5-3-10(11)7-9;/h1-2,6-7,12H,3-5,8H2;1H. The van der Waals surface area contributed by atoms with Crippen molar-refractivity contribution in [1.82, 2.24) is 5.32 Å². The third-order valence-corrected chi connectivity index (χ3v) is 2.48. The largest absolute Gasteiger partial charge is 0.312 e. The Morgan fingerprint density at radius 3 is 3.00 bits per heavy atom. The molecule has 76 valence electrons. The van der Waals surface area contributed by atoms with Crippen molar-refractivity contribution >= 4 is 18.7 Å². The van der Waals surface area contributed by atoms with Crippen molar-refractivity contribution in [3.05, 3.63) is 34.9 Å². The lowest BCUT2D eigenvalue weighted by molar-refractivity contribution is -0.107. The lowest BCUT2D eigenvalue weighted by Crippen LogP contribution is -2.23. The Morgan fingerprint density at radius 1 is 1.36 bits per heavy atom. The molecule has 2 rings (SSSR count). The molecule has 1 aliphatic heterocycles. The van der Waals surface area contributed by atoms with Gasteiger partial charge in [0.25, 0.3) is 0 Å². The summed E-state index contributed by atoms with van der Waals surface area (Å²) >= 11 is 0. The molecular weight excluding hydrogens is 198 g/mol. The molecule has 0 aromatic heterocycles. The van der Waals surface area contributed by atoms with Crippen LogP contribution in [0.2, 0.25) is 0 Å². The molecule has 14 heavy (non-hydrogen) atoms. The summed E-state index contributed by atoms with van der Waals surface area (Å²) < 4.78 is 0. The Hall–Kier alpha value is -0.860. The van der Waals surface area contributed by atoms with Crippen molar-refractivity contribution in [3.63, 3.8) is 0 Å². The first-order valence-electron chi connectivity index (χ1n) is 4.65. The molecule has 0 unspecified atom stereocenters. The summed E-state index contributed by atoms with van der Waals surface area (Å²) in [6, 6.07) is 6.32. The number of nitrogens with one attached hydrogen (secondary N) is 1. The summed E-state index contributed by atoms with van der Waals surface area (Å²) in [7, 11) is 0. The first kappa shape index (κ1) is 11.2. The van der Waals surface area contributed by atoms with Gasteiger partial charge in [-0.2, -0.15) is 0 Å². The maximum absolute atomic E-state index is 10.3. The molecule has 3 heteroatoms. The van der Waals surface area contributed by atoms with Crippen LogP contribution in [0.15, 0.2) is 18.2 Å². The van der Waals surface area contributed by atoms with Gasteiger partial charge in [0.15, 0.2) is 0 Å². The van der Waals surface area contributed by atoms with Gasteiger partial charge in [0, 0.05) is 13.0 Å². The fourth-order valence-electron chi connectivity index (χ4n) is 1.75. The number of aldehydes is 1. The van der Waals surface area contributed by atoms with Crippen molar-refractivity contribution in [1.29, 1.82) is 0 Å². The number of carbonyl (C=O) groups is 1. The Kier molecular flexibility index (Phi) is 4.11. The maximum atomic E-state index is 10.3. The summed E-state index contributed by atoms with van der Waals surface area (Å²) in [5.74, 6) is 0. The number of benzene rings is 1. The van der Waals surface area contributed by atoms with Gasteiger partial charge in [0.05, 0.1) is 0 Å². The van der Waals surface area contributed by atoms with Crippen LogP contribution in [0, 0.1) is 0 Å². The molecule has 0 saturated heterocycles. The van der Waals surface area contributed by atoms with Gasteiger partial charge in [0.1, 0.15) is 6.29 Å². The van der Waals surface area contributed by atoms with E-state index in [2.05, 4.69) is 17.4 Å². The monoisotopic (exact) mass is 211 g/mol. The Morgan fingerprint density at radius 2 is 2.21 bits per heavy atom. The molecule has 1 aromatic rings. The van der Waals surface area contributed by atoms with E-state index in [4.69, 9.17) is 0 Å². The second kappa shape index (κ2) is 5.13. The van der Waals surface area contributed by atoms with Crippen LogP contribution in [0.1, 0.15) is 16.7 Å².